The summed E-state index contributed by atoms with van der Waals surface area (Å²) in [7, 11) is -4.22. The first-order valence-electron chi connectivity index (χ1n) is 8.34. The van der Waals surface area contributed by atoms with E-state index in [0.29, 0.717) is 11.6 Å². The smallest absolute Gasteiger partial charge is 0.253 e. The minimum atomic E-state index is -4.22. The fourth-order valence-corrected chi connectivity index (χ4v) is 4.40. The molecule has 10 heteroatoms. The quantitative estimate of drug-likeness (QED) is 0.820. The molecule has 2 N–H and O–H groups in total. The van der Waals surface area contributed by atoms with E-state index in [9.17, 15) is 26.8 Å². The number of amides is 2. The largest absolute Gasteiger partial charge is 0.366 e. The van der Waals surface area contributed by atoms with Crippen molar-refractivity contribution < 1.29 is 26.8 Å². The van der Waals surface area contributed by atoms with Gasteiger partial charge in [0.05, 0.1) is 0 Å². The fourth-order valence-electron chi connectivity index (χ4n) is 2.91. The molecule has 3 rings (SSSR count). The van der Waals surface area contributed by atoms with Crippen LogP contribution in [0.2, 0.25) is 0 Å². The maximum atomic E-state index is 13.9. The number of nitrogens with zero attached hydrogens (tertiary/aromatic N) is 2. The third-order valence-corrected chi connectivity index (χ3v) is 6.37. The van der Waals surface area contributed by atoms with E-state index >= 15 is 0 Å². The van der Waals surface area contributed by atoms with E-state index in [2.05, 4.69) is 0 Å². The molecule has 7 nitrogen and oxygen atoms in total. The van der Waals surface area contributed by atoms with Crippen LogP contribution in [-0.2, 0) is 10.0 Å². The van der Waals surface area contributed by atoms with Crippen LogP contribution in [0, 0.1) is 11.6 Å². The zero-order valence-electron chi connectivity index (χ0n) is 14.6. The van der Waals surface area contributed by atoms with Gasteiger partial charge in [-0.15, -0.1) is 0 Å². The Hall–Kier alpha value is -2.85. The summed E-state index contributed by atoms with van der Waals surface area (Å²) >= 11 is 0. The van der Waals surface area contributed by atoms with Gasteiger partial charge in [0.2, 0.25) is 15.9 Å². The second kappa shape index (κ2) is 7.64. The monoisotopic (exact) mass is 409 g/mol. The number of sulfonamides is 1. The van der Waals surface area contributed by atoms with Crippen molar-refractivity contribution in [2.75, 3.05) is 26.2 Å². The van der Waals surface area contributed by atoms with Crippen LogP contribution >= 0.6 is 0 Å². The molecule has 0 saturated carbocycles. The molecule has 0 unspecified atom stereocenters. The number of hydrogen-bond acceptors (Lipinski definition) is 4. The Labute approximate surface area is 160 Å². The number of primary amides is 1. The molecule has 2 aromatic rings. The van der Waals surface area contributed by atoms with Gasteiger partial charge in [0.25, 0.3) is 5.91 Å². The number of halogens is 2. The van der Waals surface area contributed by atoms with E-state index in [1.54, 1.807) is 0 Å². The van der Waals surface area contributed by atoms with E-state index < -0.39 is 32.5 Å². The average Bonchev–Trinajstić information content (AvgIpc) is 2.69. The van der Waals surface area contributed by atoms with Crippen molar-refractivity contribution in [2.24, 2.45) is 5.73 Å². The summed E-state index contributed by atoms with van der Waals surface area (Å²) in [5.41, 5.74) is 5.76. The SMILES string of the molecule is NC(=O)c1ccc(C(=O)N2CCN(S(=O)(=O)c3cc(F)ccc3F)CC2)cc1. The number of hydrogen-bond donors (Lipinski definition) is 1. The van der Waals surface area contributed by atoms with Crippen LogP contribution in [0.1, 0.15) is 20.7 Å². The van der Waals surface area contributed by atoms with E-state index in [1.807, 2.05) is 0 Å². The van der Waals surface area contributed by atoms with Crippen molar-refractivity contribution in [1.29, 1.82) is 0 Å². The van der Waals surface area contributed by atoms with Gasteiger partial charge in [0.1, 0.15) is 16.5 Å². The van der Waals surface area contributed by atoms with Crippen LogP contribution in [0.5, 0.6) is 0 Å². The molecule has 2 aromatic carbocycles. The molecule has 28 heavy (non-hydrogen) atoms. The number of carbonyl (C=O) groups excluding carboxylic acids is 2. The van der Waals surface area contributed by atoms with E-state index in [1.165, 1.54) is 29.2 Å². The predicted molar refractivity (Wildman–Crippen MR) is 96.0 cm³/mol. The standard InChI is InChI=1S/C18H17F2N3O4S/c19-14-5-6-15(20)16(11-14)28(26,27)23-9-7-22(8-10-23)18(25)13-3-1-12(2-4-13)17(21)24/h1-6,11H,7-10H2,(H2,21,24). The number of carbonyl (C=O) groups is 2. The average molecular weight is 409 g/mol. The lowest BCUT2D eigenvalue weighted by molar-refractivity contribution is 0.0697. The van der Waals surface area contributed by atoms with Crippen molar-refractivity contribution in [1.82, 2.24) is 9.21 Å². The Balaban J connectivity index is 1.70. The molecule has 0 aliphatic carbocycles. The molecule has 0 radical (unpaired) electrons. The first-order chi connectivity index (χ1) is 13.2. The van der Waals surface area contributed by atoms with Gasteiger partial charge in [0, 0.05) is 37.3 Å². The van der Waals surface area contributed by atoms with Crippen molar-refractivity contribution in [2.45, 2.75) is 4.90 Å². The minimum absolute atomic E-state index is 0.0522. The number of piperazine rings is 1. The van der Waals surface area contributed by atoms with E-state index in [4.69, 9.17) is 5.73 Å². The van der Waals surface area contributed by atoms with Crippen molar-refractivity contribution in [3.63, 3.8) is 0 Å². The highest BCUT2D eigenvalue weighted by Crippen LogP contribution is 2.22. The third-order valence-electron chi connectivity index (χ3n) is 4.45. The van der Waals surface area contributed by atoms with Crippen LogP contribution in [0.15, 0.2) is 47.4 Å². The van der Waals surface area contributed by atoms with Gasteiger partial charge in [-0.05, 0) is 42.5 Å². The normalized spacial score (nSPS) is 15.4. The molecular weight excluding hydrogens is 392 g/mol. The van der Waals surface area contributed by atoms with Gasteiger partial charge in [-0.25, -0.2) is 17.2 Å². The Morgan fingerprint density at radius 1 is 0.893 bits per heavy atom. The van der Waals surface area contributed by atoms with Crippen LogP contribution in [0.4, 0.5) is 8.78 Å². The van der Waals surface area contributed by atoms with Crippen LogP contribution in [-0.4, -0.2) is 55.6 Å². The molecule has 1 aliphatic rings. The Morgan fingerprint density at radius 2 is 1.46 bits per heavy atom. The van der Waals surface area contributed by atoms with Crippen LogP contribution in [0.3, 0.4) is 0 Å². The summed E-state index contributed by atoms with van der Waals surface area (Å²) < 4.78 is 53.4. The first kappa shape index (κ1) is 19.9. The topological polar surface area (TPSA) is 101 Å². The van der Waals surface area contributed by atoms with E-state index in [-0.39, 0.29) is 37.6 Å². The Bertz CT molecular complexity index is 1020. The van der Waals surface area contributed by atoms with Gasteiger partial charge in [-0.2, -0.15) is 4.31 Å². The highest BCUT2D eigenvalue weighted by atomic mass is 32.2. The summed E-state index contributed by atoms with van der Waals surface area (Å²) in [5, 5.41) is 0. The fraction of sp³-hybridized carbons (Fsp3) is 0.222. The Kier molecular flexibility index (Phi) is 5.43. The van der Waals surface area contributed by atoms with Crippen LogP contribution < -0.4 is 5.73 Å². The number of nitrogens with two attached hydrogens (primary N) is 1. The molecule has 0 bridgehead atoms. The maximum Gasteiger partial charge on any atom is 0.253 e. The van der Waals surface area contributed by atoms with Gasteiger partial charge in [0.15, 0.2) is 0 Å². The Morgan fingerprint density at radius 3 is 2.04 bits per heavy atom. The highest BCUT2D eigenvalue weighted by molar-refractivity contribution is 7.89. The van der Waals surface area contributed by atoms with Crippen molar-refractivity contribution >= 4 is 21.8 Å². The number of rotatable bonds is 4. The summed E-state index contributed by atoms with van der Waals surface area (Å²) in [6.07, 6.45) is 0. The molecule has 0 spiro atoms. The zero-order valence-corrected chi connectivity index (χ0v) is 15.5. The molecule has 2 amide bonds. The molecule has 1 aliphatic heterocycles. The predicted octanol–water partition coefficient (Wildman–Crippen LogP) is 1.21. The van der Waals surface area contributed by atoms with Crippen molar-refractivity contribution in [3.8, 4) is 0 Å². The van der Waals surface area contributed by atoms with Gasteiger partial charge >= 0.3 is 0 Å². The second-order valence-corrected chi connectivity index (χ2v) is 8.12. The molecular formula is C18H17F2N3O4S. The molecule has 1 fully saturated rings. The minimum Gasteiger partial charge on any atom is -0.366 e. The first-order valence-corrected chi connectivity index (χ1v) is 9.78. The molecule has 148 valence electrons. The molecule has 1 heterocycles. The summed E-state index contributed by atoms with van der Waals surface area (Å²) in [6, 6.07) is 8.04. The second-order valence-electron chi connectivity index (χ2n) is 6.21. The molecule has 1 saturated heterocycles. The van der Waals surface area contributed by atoms with Crippen molar-refractivity contribution in [3.05, 3.63) is 65.2 Å². The van der Waals surface area contributed by atoms with Gasteiger partial charge in [-0.1, -0.05) is 0 Å². The molecule has 0 atom stereocenters. The highest BCUT2D eigenvalue weighted by Gasteiger charge is 2.32. The number of benzene rings is 2. The molecule has 0 aromatic heterocycles. The lowest BCUT2D eigenvalue weighted by Gasteiger charge is -2.34. The summed E-state index contributed by atoms with van der Waals surface area (Å²) in [4.78, 5) is 24.4. The van der Waals surface area contributed by atoms with Gasteiger partial charge < -0.3 is 10.6 Å². The lowest BCUT2D eigenvalue weighted by Crippen LogP contribution is -2.50. The third kappa shape index (κ3) is 3.87. The van der Waals surface area contributed by atoms with Gasteiger partial charge in [-0.3, -0.25) is 9.59 Å². The lowest BCUT2D eigenvalue weighted by atomic mass is 10.1. The van der Waals surface area contributed by atoms with Crippen LogP contribution in [0.25, 0.3) is 0 Å². The zero-order chi connectivity index (χ0) is 20.5. The van der Waals surface area contributed by atoms with E-state index in [0.717, 1.165) is 16.4 Å². The summed E-state index contributed by atoms with van der Waals surface area (Å²) in [5.74, 6) is -2.82. The maximum absolute atomic E-state index is 13.9. The summed E-state index contributed by atoms with van der Waals surface area (Å²) in [6.45, 7) is 0.0753.